The van der Waals surface area contributed by atoms with E-state index >= 15 is 13.2 Å². The number of nitrogens with zero attached hydrogens (tertiary/aromatic N) is 3. The van der Waals surface area contributed by atoms with Crippen molar-refractivity contribution in [3.8, 4) is 67.0 Å². The summed E-state index contributed by atoms with van der Waals surface area (Å²) in [5.74, 6) is 0. The van der Waals surface area contributed by atoms with Gasteiger partial charge in [-0.2, -0.15) is 13.2 Å². The van der Waals surface area contributed by atoms with E-state index in [1.54, 1.807) is 13.0 Å². The summed E-state index contributed by atoms with van der Waals surface area (Å²) < 4.78 is 51.0. The molecule has 0 saturated carbocycles. The van der Waals surface area contributed by atoms with Gasteiger partial charge >= 0.3 is 6.18 Å². The number of aromatic nitrogens is 2. The minimum atomic E-state index is -4.70. The summed E-state index contributed by atoms with van der Waals surface area (Å²) in [4.78, 5) is 4.51. The van der Waals surface area contributed by atoms with Crippen LogP contribution < -0.4 is 0 Å². The SMILES string of the molecule is [C-]#[N+]c1c(-n2c3cc(-c4ccc(C)cc4)ccc3c3ccc(-c4ccc(C)cc4)cc32)ccc(-c2c(C)cccc2C(F)(F)F)c1-n1c2cc(-c3ccc(C)cc3)ccc2c2ccc(-c3ccc(C)cc3)cc21. The average molecular weight is 952 g/mol. The van der Waals surface area contributed by atoms with Crippen molar-refractivity contribution in [2.45, 2.75) is 40.8 Å². The molecule has 0 bridgehead atoms. The number of aryl methyl sites for hydroxylation is 5. The molecule has 73 heavy (non-hydrogen) atoms. The van der Waals surface area contributed by atoms with Crippen LogP contribution in [0.3, 0.4) is 0 Å². The van der Waals surface area contributed by atoms with E-state index in [1.165, 1.54) is 6.07 Å². The van der Waals surface area contributed by atoms with Crippen LogP contribution in [-0.2, 0) is 6.18 Å². The molecule has 12 aromatic rings. The Kier molecular flexibility index (Phi) is 10.8. The molecule has 352 valence electrons. The highest BCUT2D eigenvalue weighted by atomic mass is 19.4. The van der Waals surface area contributed by atoms with E-state index in [-0.39, 0.29) is 11.3 Å². The molecule has 0 atom stereocenters. The van der Waals surface area contributed by atoms with Gasteiger partial charge in [-0.25, -0.2) is 4.85 Å². The van der Waals surface area contributed by atoms with Crippen molar-refractivity contribution in [3.63, 3.8) is 0 Å². The van der Waals surface area contributed by atoms with Gasteiger partial charge in [-0.1, -0.05) is 186 Å². The van der Waals surface area contributed by atoms with Crippen LogP contribution in [0.15, 0.2) is 200 Å². The second-order valence-electron chi connectivity index (χ2n) is 19.5. The highest BCUT2D eigenvalue weighted by Crippen LogP contribution is 2.50. The smallest absolute Gasteiger partial charge is 0.319 e. The van der Waals surface area contributed by atoms with E-state index in [2.05, 4.69) is 212 Å². The summed E-state index contributed by atoms with van der Waals surface area (Å²) in [6, 6.07) is 67.2. The van der Waals surface area contributed by atoms with Gasteiger partial charge in [0.05, 0.1) is 45.6 Å². The summed E-state index contributed by atoms with van der Waals surface area (Å²) in [5.41, 5.74) is 17.0. The lowest BCUT2D eigenvalue weighted by molar-refractivity contribution is -0.137. The Labute approximate surface area is 422 Å². The van der Waals surface area contributed by atoms with Crippen LogP contribution in [-0.4, -0.2) is 9.13 Å². The molecule has 0 aliphatic heterocycles. The maximum atomic E-state index is 15.6. The summed E-state index contributed by atoms with van der Waals surface area (Å²) in [6.07, 6.45) is -4.70. The third-order valence-electron chi connectivity index (χ3n) is 14.6. The number of benzene rings is 10. The number of hydrogen-bond acceptors (Lipinski definition) is 0. The highest BCUT2D eigenvalue weighted by molar-refractivity contribution is 6.14. The van der Waals surface area contributed by atoms with Crippen LogP contribution in [0.25, 0.3) is 115 Å². The summed E-state index contributed by atoms with van der Waals surface area (Å²) in [7, 11) is 0. The quantitative estimate of drug-likeness (QED) is 0.141. The van der Waals surface area contributed by atoms with Crippen molar-refractivity contribution in [3.05, 3.63) is 245 Å². The van der Waals surface area contributed by atoms with Crippen molar-refractivity contribution in [2.24, 2.45) is 0 Å². The average Bonchev–Trinajstić information content (AvgIpc) is 3.90. The van der Waals surface area contributed by atoms with Crippen LogP contribution >= 0.6 is 0 Å². The van der Waals surface area contributed by atoms with Gasteiger partial charge in [0.2, 0.25) is 5.69 Å². The minimum absolute atomic E-state index is 0.0337. The molecule has 0 fully saturated rings. The fraction of sp³-hybridized carbons (Fsp3) is 0.0896. The van der Waals surface area contributed by atoms with E-state index in [0.29, 0.717) is 22.5 Å². The Morgan fingerprint density at radius 3 is 1.07 bits per heavy atom. The van der Waals surface area contributed by atoms with Gasteiger partial charge in [0, 0.05) is 21.5 Å². The molecule has 0 unspecified atom stereocenters. The molecule has 12 rings (SSSR count). The van der Waals surface area contributed by atoms with Crippen LogP contribution in [0.4, 0.5) is 18.9 Å². The lowest BCUT2D eigenvalue weighted by Crippen LogP contribution is -2.10. The highest BCUT2D eigenvalue weighted by Gasteiger charge is 2.36. The predicted molar refractivity (Wildman–Crippen MR) is 297 cm³/mol. The normalized spacial score (nSPS) is 11.8. The second kappa shape index (κ2) is 17.4. The number of fused-ring (bicyclic) bond motifs is 6. The first-order chi connectivity index (χ1) is 35.3. The van der Waals surface area contributed by atoms with Crippen molar-refractivity contribution in [1.29, 1.82) is 0 Å². The molecule has 2 heterocycles. The first kappa shape index (κ1) is 45.2. The lowest BCUT2D eigenvalue weighted by atomic mass is 9.92. The van der Waals surface area contributed by atoms with Gasteiger partial charge in [-0.15, -0.1) is 0 Å². The largest absolute Gasteiger partial charge is 0.417 e. The van der Waals surface area contributed by atoms with E-state index in [9.17, 15) is 6.57 Å². The zero-order valence-corrected chi connectivity index (χ0v) is 41.0. The van der Waals surface area contributed by atoms with Gasteiger partial charge < -0.3 is 9.13 Å². The molecule has 0 aliphatic rings. The Morgan fingerprint density at radius 2 is 0.726 bits per heavy atom. The Bertz CT molecular complexity index is 4000. The van der Waals surface area contributed by atoms with Crippen molar-refractivity contribution >= 4 is 49.3 Å². The molecule has 0 N–H and O–H groups in total. The number of alkyl halides is 3. The van der Waals surface area contributed by atoms with Gasteiger partial charge in [-0.05, 0) is 132 Å². The van der Waals surface area contributed by atoms with Crippen molar-refractivity contribution in [1.82, 2.24) is 9.13 Å². The van der Waals surface area contributed by atoms with Gasteiger partial charge in [0.1, 0.15) is 0 Å². The predicted octanol–water partition coefficient (Wildman–Crippen LogP) is 19.3. The standard InChI is InChI=1S/C67H48F3N3/c1-40-10-18-45(19-11-40)49-26-30-53-54-31-27-50(46-20-12-41(2)13-21-46)37-61(54)72(60(53)36-49)59-35-34-57(64-44(5)8-7-9-58(64)67(68,69)70)66(65(59)71-6)73-62-38-51(47-22-14-42(3)15-23-47)28-32-55(62)56-33-29-52(39-63(56)73)48-24-16-43(4)17-25-48/h7-39H,1-5H3. The lowest BCUT2D eigenvalue weighted by Gasteiger charge is -2.23. The molecule has 0 radical (unpaired) electrons. The van der Waals surface area contributed by atoms with Gasteiger partial charge in [0.15, 0.2) is 0 Å². The molecule has 0 spiro atoms. The Morgan fingerprint density at radius 1 is 0.384 bits per heavy atom. The van der Waals surface area contributed by atoms with Crippen LogP contribution in [0.5, 0.6) is 0 Å². The first-order valence-corrected chi connectivity index (χ1v) is 24.5. The third-order valence-corrected chi connectivity index (χ3v) is 14.6. The molecule has 0 amide bonds. The second-order valence-corrected chi connectivity index (χ2v) is 19.5. The molecular formula is C67H48F3N3. The number of hydrogen-bond donors (Lipinski definition) is 0. The van der Waals surface area contributed by atoms with Crippen LogP contribution in [0.1, 0.15) is 33.4 Å². The number of rotatable bonds is 7. The van der Waals surface area contributed by atoms with Crippen molar-refractivity contribution < 1.29 is 13.2 Å². The minimum Gasteiger partial charge on any atom is -0.319 e. The zero-order chi connectivity index (χ0) is 50.3. The zero-order valence-electron chi connectivity index (χ0n) is 41.0. The Balaban J connectivity index is 1.25. The number of halogens is 3. The summed E-state index contributed by atoms with van der Waals surface area (Å²) in [5, 5.41) is 3.81. The van der Waals surface area contributed by atoms with Crippen LogP contribution in [0, 0.1) is 41.2 Å². The fourth-order valence-corrected chi connectivity index (χ4v) is 10.8. The third kappa shape index (κ3) is 7.77. The molecule has 10 aromatic carbocycles. The topological polar surface area (TPSA) is 14.2 Å². The van der Waals surface area contributed by atoms with Crippen molar-refractivity contribution in [2.75, 3.05) is 0 Å². The molecule has 3 nitrogen and oxygen atoms in total. The van der Waals surface area contributed by atoms with E-state index in [0.717, 1.165) is 116 Å². The van der Waals surface area contributed by atoms with Crippen LogP contribution in [0.2, 0.25) is 0 Å². The molecule has 0 aliphatic carbocycles. The van der Waals surface area contributed by atoms with Gasteiger partial charge in [-0.3, -0.25) is 0 Å². The molecule has 6 heteroatoms. The fourth-order valence-electron chi connectivity index (χ4n) is 10.8. The summed E-state index contributed by atoms with van der Waals surface area (Å²) in [6.45, 7) is 19.4. The van der Waals surface area contributed by atoms with E-state index in [4.69, 9.17) is 0 Å². The maximum Gasteiger partial charge on any atom is 0.417 e. The Hall–Kier alpha value is -8.92. The maximum absolute atomic E-state index is 15.6. The monoisotopic (exact) mass is 951 g/mol. The summed E-state index contributed by atoms with van der Waals surface area (Å²) >= 11 is 0. The molecule has 0 saturated heterocycles. The van der Waals surface area contributed by atoms with E-state index < -0.39 is 11.7 Å². The molecular weight excluding hydrogens is 904 g/mol. The first-order valence-electron chi connectivity index (χ1n) is 24.5. The molecule has 2 aromatic heterocycles. The van der Waals surface area contributed by atoms with Gasteiger partial charge in [0.25, 0.3) is 0 Å². The van der Waals surface area contributed by atoms with E-state index in [1.807, 2.05) is 12.1 Å².